The second-order valence-electron chi connectivity index (χ2n) is 9.19. The molecule has 0 amide bonds. The van der Waals surface area contributed by atoms with Crippen LogP contribution in [-0.2, 0) is 4.74 Å². The van der Waals surface area contributed by atoms with E-state index in [9.17, 15) is 4.79 Å². The summed E-state index contributed by atoms with van der Waals surface area (Å²) >= 11 is 6.21. The highest BCUT2D eigenvalue weighted by atomic mass is 35.5. The van der Waals surface area contributed by atoms with Gasteiger partial charge in [0.2, 0.25) is 5.88 Å². The van der Waals surface area contributed by atoms with Crippen molar-refractivity contribution in [3.63, 3.8) is 0 Å². The molecule has 2 fully saturated rings. The van der Waals surface area contributed by atoms with E-state index in [1.54, 1.807) is 49.8 Å². The van der Waals surface area contributed by atoms with E-state index in [1.165, 1.54) is 6.42 Å². The lowest BCUT2D eigenvalue weighted by molar-refractivity contribution is 0.00693. The van der Waals surface area contributed by atoms with Crippen LogP contribution >= 0.6 is 11.6 Å². The van der Waals surface area contributed by atoms with E-state index in [0.717, 1.165) is 25.2 Å². The first-order chi connectivity index (χ1) is 13.6. The summed E-state index contributed by atoms with van der Waals surface area (Å²) in [5, 5.41) is 4.49. The van der Waals surface area contributed by atoms with Crippen LogP contribution in [0.1, 0.15) is 56.8 Å². The third kappa shape index (κ3) is 4.26. The molecular weight excluding hydrogens is 392 g/mol. The van der Waals surface area contributed by atoms with Crippen molar-refractivity contribution in [3.8, 4) is 11.7 Å². The molecule has 8 heteroatoms. The molecule has 2 aromatic heterocycles. The predicted octanol–water partition coefficient (Wildman–Crippen LogP) is 3.77. The fourth-order valence-electron chi connectivity index (χ4n) is 4.39. The molecule has 2 bridgehead atoms. The van der Waals surface area contributed by atoms with Crippen LogP contribution in [-0.4, -0.2) is 38.5 Å². The lowest BCUT2D eigenvalue weighted by atomic mass is 9.84. The molecule has 4 rings (SSSR count). The van der Waals surface area contributed by atoms with E-state index in [2.05, 4.69) is 10.1 Å². The molecule has 2 aromatic rings. The number of hydrogen-bond donors (Lipinski definition) is 1. The smallest absolute Gasteiger partial charge is 0.341 e. The van der Waals surface area contributed by atoms with Crippen molar-refractivity contribution in [1.29, 1.82) is 0 Å². The molecule has 156 valence electrons. The van der Waals surface area contributed by atoms with Crippen molar-refractivity contribution in [2.24, 2.45) is 17.6 Å². The number of ether oxygens (including phenoxy) is 2. The van der Waals surface area contributed by atoms with Gasteiger partial charge in [-0.3, -0.25) is 0 Å². The largest absolute Gasteiger partial charge is 0.476 e. The van der Waals surface area contributed by atoms with Crippen LogP contribution in [0.15, 0.2) is 24.4 Å². The molecule has 2 saturated carbocycles. The third-order valence-corrected chi connectivity index (χ3v) is 6.09. The van der Waals surface area contributed by atoms with Crippen LogP contribution in [0.3, 0.4) is 0 Å². The van der Waals surface area contributed by atoms with Crippen LogP contribution < -0.4 is 10.5 Å². The zero-order chi connectivity index (χ0) is 20.8. The van der Waals surface area contributed by atoms with E-state index in [1.807, 2.05) is 0 Å². The molecule has 3 atom stereocenters. The molecule has 0 aromatic carbocycles. The van der Waals surface area contributed by atoms with E-state index >= 15 is 0 Å². The Hall–Kier alpha value is -2.12. The number of aromatic nitrogens is 3. The molecular formula is C21H27ClN4O3. The van der Waals surface area contributed by atoms with Gasteiger partial charge in [0, 0.05) is 23.7 Å². The van der Waals surface area contributed by atoms with Crippen molar-refractivity contribution >= 4 is 17.6 Å². The molecule has 2 N–H and O–H groups in total. The first-order valence-corrected chi connectivity index (χ1v) is 10.4. The summed E-state index contributed by atoms with van der Waals surface area (Å²) in [6.45, 7) is 5.98. The summed E-state index contributed by atoms with van der Waals surface area (Å²) in [6.07, 6.45) is 6.34. The Labute approximate surface area is 175 Å². The van der Waals surface area contributed by atoms with Crippen LogP contribution in [0.25, 0.3) is 5.82 Å². The number of esters is 1. The quantitative estimate of drug-likeness (QED) is 0.586. The third-order valence-electron chi connectivity index (χ3n) is 5.80. The van der Waals surface area contributed by atoms with Gasteiger partial charge in [-0.2, -0.15) is 0 Å². The van der Waals surface area contributed by atoms with Gasteiger partial charge in [0.1, 0.15) is 10.8 Å². The minimum absolute atomic E-state index is 0.0696. The lowest BCUT2D eigenvalue weighted by Gasteiger charge is -2.30. The first-order valence-electron chi connectivity index (χ1n) is 10.0. The molecule has 0 spiro atoms. The standard InChI is InChI=1S/C21H27ClN4O3/c1-20(2,3)29-19(27)15-4-5-16(24-18(15)22)26-9-7-17(25-26)28-12-14-10-13-6-8-21(14,23)11-13/h4-5,7,9,13-14H,6,8,10-12,23H2,1-3H3/t13-,14?,21-/m0/s1. The van der Waals surface area contributed by atoms with Crippen molar-refractivity contribution in [2.75, 3.05) is 6.61 Å². The van der Waals surface area contributed by atoms with Crippen LogP contribution in [0.4, 0.5) is 0 Å². The maximum absolute atomic E-state index is 12.2. The van der Waals surface area contributed by atoms with Gasteiger partial charge in [-0.15, -0.1) is 5.10 Å². The monoisotopic (exact) mass is 418 g/mol. The second kappa shape index (κ2) is 7.29. The molecule has 0 saturated heterocycles. The number of nitrogens with zero attached hydrogens (tertiary/aromatic N) is 3. The van der Waals surface area contributed by atoms with Gasteiger partial charge in [-0.1, -0.05) is 11.6 Å². The molecule has 29 heavy (non-hydrogen) atoms. The van der Waals surface area contributed by atoms with Gasteiger partial charge in [0.15, 0.2) is 5.82 Å². The van der Waals surface area contributed by atoms with Crippen molar-refractivity contribution in [3.05, 3.63) is 35.1 Å². The predicted molar refractivity (Wildman–Crippen MR) is 109 cm³/mol. The Morgan fingerprint density at radius 3 is 2.79 bits per heavy atom. The van der Waals surface area contributed by atoms with E-state index in [0.29, 0.717) is 24.2 Å². The van der Waals surface area contributed by atoms with E-state index in [4.69, 9.17) is 26.8 Å². The van der Waals surface area contributed by atoms with Crippen LogP contribution in [0, 0.1) is 11.8 Å². The summed E-state index contributed by atoms with van der Waals surface area (Å²) in [5.41, 5.74) is 6.08. The highest BCUT2D eigenvalue weighted by molar-refractivity contribution is 6.32. The highest BCUT2D eigenvalue weighted by Crippen LogP contribution is 2.49. The Bertz CT molecular complexity index is 923. The zero-order valence-corrected chi connectivity index (χ0v) is 17.8. The molecule has 2 heterocycles. The van der Waals surface area contributed by atoms with Gasteiger partial charge in [0.25, 0.3) is 0 Å². The number of fused-ring (bicyclic) bond motifs is 2. The van der Waals surface area contributed by atoms with Gasteiger partial charge in [-0.25, -0.2) is 14.5 Å². The summed E-state index contributed by atoms with van der Waals surface area (Å²) in [5.74, 6) is 1.64. The molecule has 0 radical (unpaired) electrons. The Kier molecular flexibility index (Phi) is 5.07. The number of hydrogen-bond acceptors (Lipinski definition) is 6. The maximum Gasteiger partial charge on any atom is 0.341 e. The number of pyridine rings is 1. The van der Waals surface area contributed by atoms with Crippen molar-refractivity contribution in [1.82, 2.24) is 14.8 Å². The van der Waals surface area contributed by atoms with E-state index < -0.39 is 11.6 Å². The SMILES string of the molecule is CC(C)(C)OC(=O)c1ccc(-n2ccc(OCC3C[C@@H]4CC[C@]3(N)C4)n2)nc1Cl. The highest BCUT2D eigenvalue weighted by Gasteiger charge is 2.49. The Morgan fingerprint density at radius 1 is 1.38 bits per heavy atom. The molecule has 0 aliphatic heterocycles. The summed E-state index contributed by atoms with van der Waals surface area (Å²) in [4.78, 5) is 16.5. The van der Waals surface area contributed by atoms with Crippen molar-refractivity contribution < 1.29 is 14.3 Å². The lowest BCUT2D eigenvalue weighted by Crippen LogP contribution is -2.44. The fraction of sp³-hybridized carbons (Fsp3) is 0.571. The Balaban J connectivity index is 1.41. The molecule has 2 aliphatic rings. The summed E-state index contributed by atoms with van der Waals surface area (Å²) in [6, 6.07) is 5.05. The van der Waals surface area contributed by atoms with Crippen molar-refractivity contribution in [2.45, 2.75) is 57.6 Å². The normalized spacial score (nSPS) is 26.0. The summed E-state index contributed by atoms with van der Waals surface area (Å²) in [7, 11) is 0. The number of rotatable bonds is 5. The molecule has 7 nitrogen and oxygen atoms in total. The maximum atomic E-state index is 12.2. The second-order valence-corrected chi connectivity index (χ2v) is 9.55. The van der Waals surface area contributed by atoms with Gasteiger partial charge in [0.05, 0.1) is 12.2 Å². The zero-order valence-electron chi connectivity index (χ0n) is 17.0. The fourth-order valence-corrected chi connectivity index (χ4v) is 4.62. The van der Waals surface area contributed by atoms with Gasteiger partial charge in [-0.05, 0) is 64.5 Å². The van der Waals surface area contributed by atoms with Crippen LogP contribution in [0.2, 0.25) is 5.15 Å². The molecule has 2 aliphatic carbocycles. The van der Waals surface area contributed by atoms with E-state index in [-0.39, 0.29) is 16.3 Å². The van der Waals surface area contributed by atoms with Gasteiger partial charge < -0.3 is 15.2 Å². The number of carbonyl (C=O) groups is 1. The first kappa shape index (κ1) is 20.2. The summed E-state index contributed by atoms with van der Waals surface area (Å²) < 4.78 is 12.8. The minimum atomic E-state index is -0.603. The minimum Gasteiger partial charge on any atom is -0.476 e. The Morgan fingerprint density at radius 2 is 2.17 bits per heavy atom. The number of nitrogens with two attached hydrogens (primary N) is 1. The topological polar surface area (TPSA) is 92.3 Å². The van der Waals surface area contributed by atoms with Gasteiger partial charge >= 0.3 is 5.97 Å². The average Bonchev–Trinajstić information content (AvgIpc) is 3.31. The molecule has 1 unspecified atom stereocenters. The average molecular weight is 419 g/mol. The number of halogens is 1. The number of carbonyl (C=O) groups excluding carboxylic acids is 1. The van der Waals surface area contributed by atoms with Crippen LogP contribution in [0.5, 0.6) is 5.88 Å².